The molecule has 2 unspecified atom stereocenters. The zero-order valence-corrected chi connectivity index (χ0v) is 15.8. The Labute approximate surface area is 164 Å². The Morgan fingerprint density at radius 2 is 1.71 bits per heavy atom. The first-order chi connectivity index (χ1) is 13.5. The average Bonchev–Trinajstić information content (AvgIpc) is 2.73. The first-order valence-corrected chi connectivity index (χ1v) is 9.47. The zero-order chi connectivity index (χ0) is 19.9. The van der Waals surface area contributed by atoms with Crippen molar-refractivity contribution in [2.24, 2.45) is 5.92 Å². The summed E-state index contributed by atoms with van der Waals surface area (Å²) < 4.78 is 11.2. The molecule has 6 nitrogen and oxygen atoms in total. The van der Waals surface area contributed by atoms with Gasteiger partial charge >= 0.3 is 5.97 Å². The van der Waals surface area contributed by atoms with Crippen molar-refractivity contribution in [3.63, 3.8) is 0 Å². The molecule has 2 N–H and O–H groups in total. The number of carbonyl (C=O) groups excluding carboxylic acids is 1. The van der Waals surface area contributed by atoms with Crippen molar-refractivity contribution >= 4 is 11.9 Å². The molecule has 148 valence electrons. The maximum absolute atomic E-state index is 12.7. The molecule has 1 aliphatic heterocycles. The lowest BCUT2D eigenvalue weighted by atomic mass is 9.94. The molecular weight excluding hydrogens is 358 g/mol. The van der Waals surface area contributed by atoms with Crippen LogP contribution in [0.15, 0.2) is 54.6 Å². The molecule has 2 aromatic carbocycles. The van der Waals surface area contributed by atoms with Gasteiger partial charge in [-0.2, -0.15) is 0 Å². The first-order valence-electron chi connectivity index (χ1n) is 9.47. The Hall–Kier alpha value is -2.86. The van der Waals surface area contributed by atoms with E-state index in [1.807, 2.05) is 30.3 Å². The lowest BCUT2D eigenvalue weighted by Gasteiger charge is -2.24. The van der Waals surface area contributed by atoms with Gasteiger partial charge in [0, 0.05) is 18.4 Å². The largest absolute Gasteiger partial charge is 0.490 e. The molecule has 0 saturated carbocycles. The summed E-state index contributed by atoms with van der Waals surface area (Å²) in [5.74, 6) is -1.33. The van der Waals surface area contributed by atoms with E-state index in [4.69, 9.17) is 9.47 Å². The Kier molecular flexibility index (Phi) is 6.66. The highest BCUT2D eigenvalue weighted by Gasteiger charge is 2.27. The highest BCUT2D eigenvalue weighted by molar-refractivity contribution is 5.94. The number of ether oxygens (including phenoxy) is 2. The Morgan fingerprint density at radius 1 is 1.07 bits per heavy atom. The van der Waals surface area contributed by atoms with Crippen LogP contribution in [-0.4, -0.2) is 36.3 Å². The Bertz CT molecular complexity index is 784. The summed E-state index contributed by atoms with van der Waals surface area (Å²) in [5.41, 5.74) is 1.21. The van der Waals surface area contributed by atoms with Gasteiger partial charge in [0.1, 0.15) is 11.9 Å². The van der Waals surface area contributed by atoms with E-state index in [0.29, 0.717) is 24.5 Å². The van der Waals surface area contributed by atoms with Crippen LogP contribution in [0, 0.1) is 5.92 Å². The van der Waals surface area contributed by atoms with Crippen molar-refractivity contribution in [3.05, 3.63) is 65.7 Å². The van der Waals surface area contributed by atoms with Crippen molar-refractivity contribution in [2.45, 2.75) is 31.9 Å². The second-order valence-electron chi connectivity index (χ2n) is 6.94. The minimum Gasteiger partial charge on any atom is -0.490 e. The molecule has 1 amide bonds. The molecule has 0 aromatic heterocycles. The molecule has 1 fully saturated rings. The molecule has 3 rings (SSSR count). The predicted octanol–water partition coefficient (Wildman–Crippen LogP) is 3.44. The molecule has 0 bridgehead atoms. The topological polar surface area (TPSA) is 84.9 Å². The van der Waals surface area contributed by atoms with E-state index in [2.05, 4.69) is 5.32 Å². The normalized spacial score (nSPS) is 16.8. The van der Waals surface area contributed by atoms with Crippen LogP contribution in [0.2, 0.25) is 0 Å². The van der Waals surface area contributed by atoms with Crippen molar-refractivity contribution < 1.29 is 24.2 Å². The molecule has 0 aliphatic carbocycles. The minimum atomic E-state index is -0.964. The standard InChI is InChI=1S/C22H25NO5/c1-15(22(25)26)20(16-5-3-2-4-6-16)23-21(24)17-7-9-18(10-8-17)28-19-11-13-27-14-12-19/h2-10,15,19-20H,11-14H2,1H3,(H,23,24)(H,25,26). The Balaban J connectivity index is 1.68. The first kappa shape index (κ1) is 19.9. The van der Waals surface area contributed by atoms with E-state index in [-0.39, 0.29) is 12.0 Å². The molecule has 2 atom stereocenters. The van der Waals surface area contributed by atoms with Crippen molar-refractivity contribution in [1.82, 2.24) is 5.32 Å². The van der Waals surface area contributed by atoms with E-state index in [0.717, 1.165) is 18.4 Å². The maximum Gasteiger partial charge on any atom is 0.308 e. The number of hydrogen-bond donors (Lipinski definition) is 2. The van der Waals surface area contributed by atoms with Gasteiger partial charge in [0.15, 0.2) is 0 Å². The molecule has 1 heterocycles. The molecule has 2 aromatic rings. The number of aliphatic carboxylic acids is 1. The smallest absolute Gasteiger partial charge is 0.308 e. The predicted molar refractivity (Wildman–Crippen MR) is 104 cm³/mol. The van der Waals surface area contributed by atoms with Gasteiger partial charge in [0.05, 0.1) is 25.2 Å². The monoisotopic (exact) mass is 383 g/mol. The number of hydrogen-bond acceptors (Lipinski definition) is 4. The highest BCUT2D eigenvalue weighted by atomic mass is 16.5. The Morgan fingerprint density at radius 3 is 2.32 bits per heavy atom. The number of nitrogens with one attached hydrogen (secondary N) is 1. The molecule has 6 heteroatoms. The van der Waals surface area contributed by atoms with Crippen LogP contribution in [0.25, 0.3) is 0 Å². The SMILES string of the molecule is CC(C(=O)O)C(NC(=O)c1ccc(OC2CCOCC2)cc1)c1ccccc1. The third-order valence-electron chi connectivity index (χ3n) is 4.92. The number of benzene rings is 2. The number of carbonyl (C=O) groups is 2. The van der Waals surface area contributed by atoms with Crippen molar-refractivity contribution in [3.8, 4) is 5.75 Å². The van der Waals surface area contributed by atoms with Crippen LogP contribution >= 0.6 is 0 Å². The van der Waals surface area contributed by atoms with Gasteiger partial charge in [0.2, 0.25) is 0 Å². The van der Waals surface area contributed by atoms with E-state index in [1.165, 1.54) is 0 Å². The summed E-state index contributed by atoms with van der Waals surface area (Å²) in [6, 6.07) is 15.4. The van der Waals surface area contributed by atoms with E-state index >= 15 is 0 Å². The number of amides is 1. The molecular formula is C22H25NO5. The van der Waals surface area contributed by atoms with Crippen LogP contribution < -0.4 is 10.1 Å². The summed E-state index contributed by atoms with van der Waals surface area (Å²) in [6.07, 6.45) is 1.84. The fourth-order valence-electron chi connectivity index (χ4n) is 3.20. The van der Waals surface area contributed by atoms with Gasteiger partial charge in [-0.1, -0.05) is 30.3 Å². The molecule has 0 spiro atoms. The molecule has 1 aliphatic rings. The number of rotatable bonds is 7. The number of carboxylic acid groups (broad SMARTS) is 1. The van der Waals surface area contributed by atoms with Gasteiger partial charge in [-0.3, -0.25) is 9.59 Å². The fourth-order valence-corrected chi connectivity index (χ4v) is 3.20. The molecule has 1 saturated heterocycles. The van der Waals surface area contributed by atoms with Gasteiger partial charge in [-0.05, 0) is 36.8 Å². The van der Waals surface area contributed by atoms with Crippen LogP contribution in [0.5, 0.6) is 5.75 Å². The highest BCUT2D eigenvalue weighted by Crippen LogP contribution is 2.24. The van der Waals surface area contributed by atoms with Crippen LogP contribution in [-0.2, 0) is 9.53 Å². The minimum absolute atomic E-state index is 0.132. The summed E-state index contributed by atoms with van der Waals surface area (Å²) >= 11 is 0. The zero-order valence-electron chi connectivity index (χ0n) is 15.8. The third-order valence-corrected chi connectivity index (χ3v) is 4.92. The lowest BCUT2D eigenvalue weighted by Crippen LogP contribution is -2.35. The van der Waals surface area contributed by atoms with Gasteiger partial charge in [-0.25, -0.2) is 0 Å². The van der Waals surface area contributed by atoms with Crippen LogP contribution in [0.1, 0.15) is 41.7 Å². The van der Waals surface area contributed by atoms with Gasteiger partial charge < -0.3 is 19.9 Å². The summed E-state index contributed by atoms with van der Waals surface area (Å²) in [6.45, 7) is 2.99. The van der Waals surface area contributed by atoms with Crippen molar-refractivity contribution in [1.29, 1.82) is 0 Å². The summed E-state index contributed by atoms with van der Waals surface area (Å²) in [5, 5.41) is 12.3. The lowest BCUT2D eigenvalue weighted by molar-refractivity contribution is -0.142. The van der Waals surface area contributed by atoms with Gasteiger partial charge in [-0.15, -0.1) is 0 Å². The summed E-state index contributed by atoms with van der Waals surface area (Å²) in [4.78, 5) is 24.2. The van der Waals surface area contributed by atoms with E-state index < -0.39 is 17.9 Å². The molecule has 28 heavy (non-hydrogen) atoms. The van der Waals surface area contributed by atoms with Crippen LogP contribution in [0.4, 0.5) is 0 Å². The quantitative estimate of drug-likeness (QED) is 0.765. The third kappa shape index (κ3) is 5.10. The number of carboxylic acids is 1. The van der Waals surface area contributed by atoms with Crippen molar-refractivity contribution in [2.75, 3.05) is 13.2 Å². The van der Waals surface area contributed by atoms with Gasteiger partial charge in [0.25, 0.3) is 5.91 Å². The van der Waals surface area contributed by atoms with E-state index in [9.17, 15) is 14.7 Å². The molecule has 0 radical (unpaired) electrons. The second kappa shape index (κ2) is 9.37. The maximum atomic E-state index is 12.7. The van der Waals surface area contributed by atoms with Crippen LogP contribution in [0.3, 0.4) is 0 Å². The summed E-state index contributed by atoms with van der Waals surface area (Å²) in [7, 11) is 0. The fraction of sp³-hybridized carbons (Fsp3) is 0.364. The average molecular weight is 383 g/mol. The van der Waals surface area contributed by atoms with E-state index in [1.54, 1.807) is 31.2 Å². The second-order valence-corrected chi connectivity index (χ2v) is 6.94.